The van der Waals surface area contributed by atoms with Crippen molar-refractivity contribution in [3.05, 3.63) is 85.0 Å². The topological polar surface area (TPSA) is 35.0 Å². The van der Waals surface area contributed by atoms with E-state index in [1.165, 1.54) is 6.33 Å². The maximum atomic E-state index is 6.07. The van der Waals surface area contributed by atoms with Crippen LogP contribution in [0.5, 0.6) is 5.75 Å². The van der Waals surface area contributed by atoms with Crippen molar-refractivity contribution in [2.24, 2.45) is 0 Å². The van der Waals surface area contributed by atoms with Crippen LogP contribution in [0.2, 0.25) is 0 Å². The molecule has 0 unspecified atom stereocenters. The summed E-state index contributed by atoms with van der Waals surface area (Å²) in [5, 5.41) is 0. The number of benzene rings is 2. The highest BCUT2D eigenvalue weighted by atomic mass is 16.5. The van der Waals surface area contributed by atoms with Crippen molar-refractivity contribution < 1.29 is 4.74 Å². The van der Waals surface area contributed by atoms with Gasteiger partial charge in [-0.1, -0.05) is 61.2 Å². The first-order valence-corrected chi connectivity index (χ1v) is 7.06. The summed E-state index contributed by atoms with van der Waals surface area (Å²) in [6.07, 6.45) is 6.88. The minimum Gasteiger partial charge on any atom is -0.488 e. The zero-order valence-corrected chi connectivity index (χ0v) is 12.1. The summed E-state index contributed by atoms with van der Waals surface area (Å²) < 4.78 is 6.07. The molecule has 3 rings (SSSR count). The normalized spacial score (nSPS) is 10.2. The fraction of sp³-hybridized carbons (Fsp3) is 0.0526. The van der Waals surface area contributed by atoms with E-state index >= 15 is 0 Å². The Balaban J connectivity index is 1.96. The molecule has 0 aliphatic rings. The number of nitrogens with zero attached hydrogens (tertiary/aromatic N) is 2. The lowest BCUT2D eigenvalue weighted by Gasteiger charge is -2.14. The van der Waals surface area contributed by atoms with Crippen molar-refractivity contribution in [2.75, 3.05) is 0 Å². The third-order valence-electron chi connectivity index (χ3n) is 3.36. The van der Waals surface area contributed by atoms with Crippen molar-refractivity contribution >= 4 is 6.08 Å². The van der Waals surface area contributed by atoms with Crippen LogP contribution in [0.1, 0.15) is 11.1 Å². The molecule has 3 aromatic rings. The van der Waals surface area contributed by atoms with Crippen LogP contribution in [0, 0.1) is 0 Å². The van der Waals surface area contributed by atoms with Crippen molar-refractivity contribution in [1.82, 2.24) is 9.97 Å². The van der Waals surface area contributed by atoms with Crippen molar-refractivity contribution in [2.45, 2.75) is 6.61 Å². The number of para-hydroxylation sites is 1. The standard InChI is InChI=1S/C19H16N2O/c1-2-16-9-6-10-18(17-11-20-14-21-12-17)19(16)22-13-15-7-4-3-5-8-15/h2-12,14H,1,13H2. The molecule has 0 amide bonds. The SMILES string of the molecule is C=Cc1cccc(-c2cncnc2)c1OCc1ccccc1. The van der Waals surface area contributed by atoms with E-state index in [2.05, 4.69) is 16.5 Å². The Kier molecular flexibility index (Phi) is 4.25. The smallest absolute Gasteiger partial charge is 0.134 e. The van der Waals surface area contributed by atoms with E-state index in [9.17, 15) is 0 Å². The fourth-order valence-corrected chi connectivity index (χ4v) is 2.27. The van der Waals surface area contributed by atoms with Crippen LogP contribution in [-0.4, -0.2) is 9.97 Å². The largest absolute Gasteiger partial charge is 0.488 e. The summed E-state index contributed by atoms with van der Waals surface area (Å²) in [5.74, 6) is 0.802. The monoisotopic (exact) mass is 288 g/mol. The number of rotatable bonds is 5. The second-order valence-electron chi connectivity index (χ2n) is 4.83. The lowest BCUT2D eigenvalue weighted by molar-refractivity contribution is 0.307. The van der Waals surface area contributed by atoms with Crippen LogP contribution in [0.25, 0.3) is 17.2 Å². The van der Waals surface area contributed by atoms with Crippen molar-refractivity contribution in [1.29, 1.82) is 0 Å². The number of ether oxygens (including phenoxy) is 1. The molecule has 0 aliphatic heterocycles. The first kappa shape index (κ1) is 14.0. The van der Waals surface area contributed by atoms with Crippen LogP contribution in [0.15, 0.2) is 73.8 Å². The van der Waals surface area contributed by atoms with Gasteiger partial charge in [0.1, 0.15) is 18.7 Å². The Morgan fingerprint density at radius 3 is 2.45 bits per heavy atom. The maximum absolute atomic E-state index is 6.07. The van der Waals surface area contributed by atoms with E-state index < -0.39 is 0 Å². The molecule has 0 spiro atoms. The van der Waals surface area contributed by atoms with Gasteiger partial charge in [0.05, 0.1) is 0 Å². The predicted molar refractivity (Wildman–Crippen MR) is 88.3 cm³/mol. The summed E-state index contributed by atoms with van der Waals surface area (Å²) in [6, 6.07) is 16.1. The fourth-order valence-electron chi connectivity index (χ4n) is 2.27. The van der Waals surface area contributed by atoms with Gasteiger partial charge in [0.25, 0.3) is 0 Å². The van der Waals surface area contributed by atoms with Crippen LogP contribution in [0.3, 0.4) is 0 Å². The third kappa shape index (κ3) is 3.04. The molecule has 1 heterocycles. The minimum atomic E-state index is 0.506. The van der Waals surface area contributed by atoms with E-state index in [0.29, 0.717) is 6.61 Å². The van der Waals surface area contributed by atoms with Gasteiger partial charge < -0.3 is 4.74 Å². The molecular weight excluding hydrogens is 272 g/mol. The summed E-state index contributed by atoms with van der Waals surface area (Å²) >= 11 is 0. The Hall–Kier alpha value is -2.94. The average Bonchev–Trinajstić information content (AvgIpc) is 2.61. The summed E-state index contributed by atoms with van der Waals surface area (Å²) in [4.78, 5) is 8.17. The van der Waals surface area contributed by atoms with Gasteiger partial charge in [-0.3, -0.25) is 0 Å². The molecule has 0 atom stereocenters. The van der Waals surface area contributed by atoms with Gasteiger partial charge in [0.2, 0.25) is 0 Å². The molecule has 3 heteroatoms. The van der Waals surface area contributed by atoms with E-state index in [1.54, 1.807) is 18.5 Å². The molecule has 0 N–H and O–H groups in total. The molecule has 108 valence electrons. The molecule has 22 heavy (non-hydrogen) atoms. The highest BCUT2D eigenvalue weighted by molar-refractivity contribution is 5.75. The number of hydrogen-bond donors (Lipinski definition) is 0. The van der Waals surface area contributed by atoms with Gasteiger partial charge in [-0.25, -0.2) is 9.97 Å². The van der Waals surface area contributed by atoms with Crippen molar-refractivity contribution in [3.8, 4) is 16.9 Å². The van der Waals surface area contributed by atoms with Gasteiger partial charge in [-0.05, 0) is 5.56 Å². The maximum Gasteiger partial charge on any atom is 0.134 e. The van der Waals surface area contributed by atoms with Crippen LogP contribution >= 0.6 is 0 Å². The van der Waals surface area contributed by atoms with Crippen molar-refractivity contribution in [3.63, 3.8) is 0 Å². The zero-order valence-electron chi connectivity index (χ0n) is 12.1. The Labute approximate surface area is 130 Å². The molecule has 0 aliphatic carbocycles. The molecular formula is C19H16N2O. The van der Waals surface area contributed by atoms with Gasteiger partial charge in [-0.2, -0.15) is 0 Å². The van der Waals surface area contributed by atoms with E-state index in [1.807, 2.05) is 48.5 Å². The first-order valence-electron chi connectivity index (χ1n) is 7.06. The van der Waals surface area contributed by atoms with Crippen LogP contribution in [0.4, 0.5) is 0 Å². The lowest BCUT2D eigenvalue weighted by atomic mass is 10.0. The molecule has 0 saturated carbocycles. The molecule has 0 radical (unpaired) electrons. The second kappa shape index (κ2) is 6.68. The highest BCUT2D eigenvalue weighted by Crippen LogP contribution is 2.33. The van der Waals surface area contributed by atoms with Crippen LogP contribution < -0.4 is 4.74 Å². The number of hydrogen-bond acceptors (Lipinski definition) is 3. The number of aromatic nitrogens is 2. The Morgan fingerprint density at radius 1 is 0.955 bits per heavy atom. The van der Waals surface area contributed by atoms with Gasteiger partial charge >= 0.3 is 0 Å². The molecule has 0 saturated heterocycles. The van der Waals surface area contributed by atoms with Crippen LogP contribution in [-0.2, 0) is 6.61 Å². The first-order chi connectivity index (χ1) is 10.9. The highest BCUT2D eigenvalue weighted by Gasteiger charge is 2.10. The predicted octanol–water partition coefficient (Wildman–Crippen LogP) is 4.37. The van der Waals surface area contributed by atoms with Gasteiger partial charge in [0, 0.05) is 29.1 Å². The van der Waals surface area contributed by atoms with Gasteiger partial charge in [-0.15, -0.1) is 0 Å². The molecule has 0 fully saturated rings. The lowest BCUT2D eigenvalue weighted by Crippen LogP contribution is -1.99. The summed E-state index contributed by atoms with van der Waals surface area (Å²) in [5.41, 5.74) is 3.97. The van der Waals surface area contributed by atoms with E-state index in [0.717, 1.165) is 28.0 Å². The minimum absolute atomic E-state index is 0.506. The molecule has 2 aromatic carbocycles. The zero-order chi connectivity index (χ0) is 15.2. The van der Waals surface area contributed by atoms with E-state index in [4.69, 9.17) is 4.74 Å². The Bertz CT molecular complexity index is 755. The summed E-state index contributed by atoms with van der Waals surface area (Å²) in [6.45, 7) is 4.38. The molecule has 0 bridgehead atoms. The summed E-state index contributed by atoms with van der Waals surface area (Å²) in [7, 11) is 0. The average molecular weight is 288 g/mol. The quantitative estimate of drug-likeness (QED) is 0.699. The third-order valence-corrected chi connectivity index (χ3v) is 3.36. The molecule has 1 aromatic heterocycles. The second-order valence-corrected chi connectivity index (χ2v) is 4.83. The Morgan fingerprint density at radius 2 is 1.73 bits per heavy atom. The van der Waals surface area contributed by atoms with E-state index in [-0.39, 0.29) is 0 Å². The molecule has 3 nitrogen and oxygen atoms in total. The van der Waals surface area contributed by atoms with Gasteiger partial charge in [0.15, 0.2) is 0 Å².